The van der Waals surface area contributed by atoms with Crippen molar-refractivity contribution in [3.8, 4) is 5.75 Å². The minimum atomic E-state index is -0.942. The van der Waals surface area contributed by atoms with Crippen LogP contribution in [0.3, 0.4) is 0 Å². The second kappa shape index (κ2) is 13.6. The fourth-order valence-electron chi connectivity index (χ4n) is 4.99. The number of carbonyl (C=O) groups is 2. The molecule has 0 amide bonds. The average molecular weight is 512 g/mol. The Morgan fingerprint density at radius 3 is 2.36 bits per heavy atom. The van der Waals surface area contributed by atoms with Crippen LogP contribution in [0.4, 0.5) is 0 Å². The third kappa shape index (κ3) is 7.68. The van der Waals surface area contributed by atoms with Gasteiger partial charge < -0.3 is 15.6 Å². The second-order valence-electron chi connectivity index (χ2n) is 9.99. The third-order valence-electron chi connectivity index (χ3n) is 7.08. The first kappa shape index (κ1) is 27.9. The lowest BCUT2D eigenvalue weighted by molar-refractivity contribution is -0.137. The number of benzene rings is 1. The first-order valence-electron chi connectivity index (χ1n) is 13.0. The molecule has 1 aromatic carbocycles. The smallest absolute Gasteiger partial charge is 0.328 e. The highest BCUT2D eigenvalue weighted by Gasteiger charge is 2.24. The molecule has 0 aromatic heterocycles. The molecular formula is C30H38ClNO4. The van der Waals surface area contributed by atoms with Crippen LogP contribution in [0.15, 0.2) is 65.3 Å². The maximum absolute atomic E-state index is 12.3. The van der Waals surface area contributed by atoms with Crippen LogP contribution in [0.5, 0.6) is 5.75 Å². The van der Waals surface area contributed by atoms with Crippen molar-refractivity contribution in [2.45, 2.75) is 71.3 Å². The van der Waals surface area contributed by atoms with E-state index in [-0.39, 0.29) is 5.92 Å². The number of nitrogens with two attached hydrogens (primary N) is 1. The van der Waals surface area contributed by atoms with Crippen molar-refractivity contribution in [3.05, 3.63) is 70.9 Å². The number of allylic oxidation sites excluding steroid dienone is 7. The molecule has 194 valence electrons. The van der Waals surface area contributed by atoms with Crippen LogP contribution in [0, 0.1) is 11.8 Å². The molecule has 6 heteroatoms. The molecule has 1 fully saturated rings. The number of alkyl halides is 1. The van der Waals surface area contributed by atoms with E-state index in [1.54, 1.807) is 6.08 Å². The van der Waals surface area contributed by atoms with Gasteiger partial charge in [0.2, 0.25) is 0 Å². The quantitative estimate of drug-likeness (QED) is 0.155. The number of carboxylic acids is 1. The summed E-state index contributed by atoms with van der Waals surface area (Å²) in [5.74, 6) is 0.181. The van der Waals surface area contributed by atoms with E-state index in [4.69, 9.17) is 27.2 Å². The van der Waals surface area contributed by atoms with Crippen LogP contribution in [0.25, 0.3) is 5.57 Å². The number of rotatable bonds is 10. The lowest BCUT2D eigenvalue weighted by Crippen LogP contribution is -2.38. The van der Waals surface area contributed by atoms with Crippen LogP contribution >= 0.6 is 11.6 Å². The second-order valence-corrected chi connectivity index (χ2v) is 10.4. The van der Waals surface area contributed by atoms with Crippen LogP contribution in [-0.2, 0) is 9.59 Å². The molecule has 2 aliphatic carbocycles. The van der Waals surface area contributed by atoms with E-state index in [1.807, 2.05) is 44.2 Å². The van der Waals surface area contributed by atoms with E-state index >= 15 is 0 Å². The van der Waals surface area contributed by atoms with Gasteiger partial charge in [-0.2, -0.15) is 0 Å². The summed E-state index contributed by atoms with van der Waals surface area (Å²) >= 11 is 6.32. The fourth-order valence-corrected chi connectivity index (χ4v) is 5.19. The molecule has 3 N–H and O–H groups in total. The zero-order valence-corrected chi connectivity index (χ0v) is 22.1. The fraction of sp³-hybridized carbons (Fsp3) is 0.467. The summed E-state index contributed by atoms with van der Waals surface area (Å²) in [7, 11) is 0. The SMILES string of the molecule is CC(C)C(N)C(=O)Oc1ccc(/C(C2=CC=C(/C=C/C(=O)O)CC2)=C(\CCCl)C2CCCCC2)cc1. The Kier molecular flexibility index (Phi) is 10.6. The molecule has 0 radical (unpaired) electrons. The standard InChI is InChI=1S/C30H38ClNO4/c1-20(2)29(32)30(35)36-25-15-13-24(14-16-25)28(26(18-19-31)22-6-4-3-5-7-22)23-11-8-21(9-12-23)10-17-27(33)34/h8,10-11,13-17,20,22,29H,3-7,9,12,18-19,32H2,1-2H3,(H,33,34)/b17-10+,28-26+. The molecule has 1 unspecified atom stereocenters. The van der Waals surface area contributed by atoms with Gasteiger partial charge in [-0.25, -0.2) is 9.59 Å². The van der Waals surface area contributed by atoms with E-state index in [2.05, 4.69) is 6.08 Å². The topological polar surface area (TPSA) is 89.6 Å². The van der Waals surface area contributed by atoms with Crippen LogP contribution in [0.2, 0.25) is 0 Å². The highest BCUT2D eigenvalue weighted by Crippen LogP contribution is 2.41. The Bertz CT molecular complexity index is 1040. The molecule has 3 rings (SSSR count). The number of ether oxygens (including phenoxy) is 1. The number of hydrogen-bond acceptors (Lipinski definition) is 4. The summed E-state index contributed by atoms with van der Waals surface area (Å²) in [6, 6.07) is 7.03. The van der Waals surface area contributed by atoms with E-state index in [9.17, 15) is 9.59 Å². The van der Waals surface area contributed by atoms with Crippen molar-refractivity contribution in [1.82, 2.24) is 0 Å². The Labute approximate surface area is 219 Å². The van der Waals surface area contributed by atoms with E-state index in [0.717, 1.165) is 30.4 Å². The molecule has 0 spiro atoms. The summed E-state index contributed by atoms with van der Waals surface area (Å²) in [4.78, 5) is 23.2. The van der Waals surface area contributed by atoms with Gasteiger partial charge in [-0.05, 0) is 78.4 Å². The van der Waals surface area contributed by atoms with Gasteiger partial charge in [0, 0.05) is 12.0 Å². The van der Waals surface area contributed by atoms with Crippen molar-refractivity contribution < 1.29 is 19.4 Å². The third-order valence-corrected chi connectivity index (χ3v) is 7.27. The Hall–Kier alpha value is -2.63. The normalized spacial score (nSPS) is 18.5. The predicted molar refractivity (Wildman–Crippen MR) is 146 cm³/mol. The zero-order valence-electron chi connectivity index (χ0n) is 21.3. The van der Waals surface area contributed by atoms with Gasteiger partial charge in [-0.15, -0.1) is 11.6 Å². The molecule has 1 atom stereocenters. The van der Waals surface area contributed by atoms with E-state index < -0.39 is 18.0 Å². The number of esters is 1. The van der Waals surface area contributed by atoms with Gasteiger partial charge in [0.1, 0.15) is 11.8 Å². The Balaban J connectivity index is 1.99. The van der Waals surface area contributed by atoms with Gasteiger partial charge in [0.15, 0.2) is 0 Å². The van der Waals surface area contributed by atoms with Crippen LogP contribution in [0.1, 0.15) is 70.8 Å². The molecule has 0 aliphatic heterocycles. The van der Waals surface area contributed by atoms with Gasteiger partial charge >= 0.3 is 11.9 Å². The van der Waals surface area contributed by atoms with Crippen molar-refractivity contribution >= 4 is 29.1 Å². The maximum Gasteiger partial charge on any atom is 0.328 e. The van der Waals surface area contributed by atoms with Gasteiger partial charge in [-0.3, -0.25) is 0 Å². The number of aliphatic carboxylic acids is 1. The highest BCUT2D eigenvalue weighted by atomic mass is 35.5. The molecule has 36 heavy (non-hydrogen) atoms. The molecular weight excluding hydrogens is 474 g/mol. The summed E-state index contributed by atoms with van der Waals surface area (Å²) < 4.78 is 5.52. The van der Waals surface area contributed by atoms with E-state index in [1.165, 1.54) is 54.9 Å². The first-order valence-corrected chi connectivity index (χ1v) is 13.5. The van der Waals surface area contributed by atoms with Gasteiger partial charge in [0.05, 0.1) is 0 Å². The summed E-state index contributed by atoms with van der Waals surface area (Å²) in [6.45, 7) is 3.79. The summed E-state index contributed by atoms with van der Waals surface area (Å²) in [5, 5.41) is 8.96. The van der Waals surface area contributed by atoms with Gasteiger partial charge in [-0.1, -0.05) is 69.0 Å². The highest BCUT2D eigenvalue weighted by molar-refractivity contribution is 6.18. The molecule has 5 nitrogen and oxygen atoms in total. The average Bonchev–Trinajstić information content (AvgIpc) is 2.88. The van der Waals surface area contributed by atoms with Crippen LogP contribution < -0.4 is 10.5 Å². The van der Waals surface area contributed by atoms with Crippen molar-refractivity contribution in [2.75, 3.05) is 5.88 Å². The van der Waals surface area contributed by atoms with Gasteiger partial charge in [0.25, 0.3) is 0 Å². The molecule has 2 aliphatic rings. The number of halogens is 1. The lowest BCUT2D eigenvalue weighted by Gasteiger charge is -2.29. The number of carboxylic acid groups (broad SMARTS) is 1. The zero-order chi connectivity index (χ0) is 26.1. The largest absolute Gasteiger partial charge is 0.478 e. The molecule has 0 heterocycles. The minimum absolute atomic E-state index is 0.00133. The Morgan fingerprint density at radius 1 is 1.11 bits per heavy atom. The van der Waals surface area contributed by atoms with Crippen molar-refractivity contribution in [1.29, 1.82) is 0 Å². The van der Waals surface area contributed by atoms with Crippen molar-refractivity contribution in [3.63, 3.8) is 0 Å². The lowest BCUT2D eigenvalue weighted by atomic mass is 9.76. The molecule has 0 bridgehead atoms. The summed E-state index contributed by atoms with van der Waals surface area (Å²) in [5.41, 5.74) is 11.9. The monoisotopic (exact) mass is 511 g/mol. The number of carbonyl (C=O) groups excluding carboxylic acids is 1. The number of hydrogen-bond donors (Lipinski definition) is 2. The molecule has 1 aromatic rings. The van der Waals surface area contributed by atoms with Crippen molar-refractivity contribution in [2.24, 2.45) is 17.6 Å². The van der Waals surface area contributed by atoms with E-state index in [0.29, 0.717) is 17.5 Å². The minimum Gasteiger partial charge on any atom is -0.478 e. The predicted octanol–water partition coefficient (Wildman–Crippen LogP) is 6.83. The summed E-state index contributed by atoms with van der Waals surface area (Å²) in [6.07, 6.45) is 15.5. The molecule has 0 saturated heterocycles. The Morgan fingerprint density at radius 2 is 1.81 bits per heavy atom. The first-order chi connectivity index (χ1) is 17.3. The maximum atomic E-state index is 12.3. The van der Waals surface area contributed by atoms with Crippen LogP contribution in [-0.4, -0.2) is 29.0 Å². The molecule has 1 saturated carbocycles.